The van der Waals surface area contributed by atoms with E-state index in [-0.39, 0.29) is 11.9 Å². The molecule has 1 heterocycles. The van der Waals surface area contributed by atoms with Gasteiger partial charge in [0.25, 0.3) is 5.91 Å². The van der Waals surface area contributed by atoms with E-state index in [1.165, 1.54) is 34.4 Å². The highest BCUT2D eigenvalue weighted by atomic mass is 16.1. The fourth-order valence-corrected chi connectivity index (χ4v) is 4.90. The average molecular weight is 397 g/mol. The minimum atomic E-state index is 0.0200. The Labute approximate surface area is 178 Å². The van der Waals surface area contributed by atoms with Crippen molar-refractivity contribution in [3.63, 3.8) is 0 Å². The third-order valence-corrected chi connectivity index (χ3v) is 6.47. The summed E-state index contributed by atoms with van der Waals surface area (Å²) in [7, 11) is 0. The third-order valence-electron chi connectivity index (χ3n) is 6.47. The summed E-state index contributed by atoms with van der Waals surface area (Å²) >= 11 is 0. The summed E-state index contributed by atoms with van der Waals surface area (Å²) in [5.74, 6) is 0.0200. The molecule has 3 heteroatoms. The van der Waals surface area contributed by atoms with E-state index in [9.17, 15) is 4.79 Å². The normalized spacial score (nSPS) is 17.7. The van der Waals surface area contributed by atoms with E-state index in [0.717, 1.165) is 44.3 Å². The van der Waals surface area contributed by atoms with Crippen LogP contribution in [0.25, 0.3) is 0 Å². The first-order valence-electron chi connectivity index (χ1n) is 11.1. The number of aryl methyl sites for hydroxylation is 2. The number of hydrogen-bond acceptors (Lipinski definition) is 2. The predicted molar refractivity (Wildman–Crippen MR) is 122 cm³/mol. The number of benzene rings is 3. The van der Waals surface area contributed by atoms with Crippen molar-refractivity contribution in [3.8, 4) is 0 Å². The maximum absolute atomic E-state index is 12.9. The van der Waals surface area contributed by atoms with E-state index in [0.29, 0.717) is 0 Å². The molecule has 1 N–H and O–H groups in total. The zero-order valence-corrected chi connectivity index (χ0v) is 17.3. The van der Waals surface area contributed by atoms with Crippen LogP contribution in [0.3, 0.4) is 0 Å². The Bertz CT molecular complexity index is 1040. The topological polar surface area (TPSA) is 32.3 Å². The van der Waals surface area contributed by atoms with Crippen LogP contribution in [0.2, 0.25) is 0 Å². The Morgan fingerprint density at radius 3 is 2.47 bits per heavy atom. The molecule has 0 saturated heterocycles. The number of nitrogens with zero attached hydrogens (tertiary/aromatic N) is 1. The molecule has 1 aliphatic heterocycles. The molecule has 0 bridgehead atoms. The van der Waals surface area contributed by atoms with Crippen molar-refractivity contribution >= 4 is 11.6 Å². The first-order chi connectivity index (χ1) is 14.8. The van der Waals surface area contributed by atoms with Crippen LogP contribution in [-0.4, -0.2) is 12.5 Å². The molecule has 2 aliphatic rings. The van der Waals surface area contributed by atoms with Gasteiger partial charge in [-0.2, -0.15) is 0 Å². The molecular formula is C27H28N2O. The number of amides is 1. The van der Waals surface area contributed by atoms with Crippen molar-refractivity contribution < 1.29 is 4.79 Å². The molecule has 5 rings (SSSR count). The molecule has 0 fully saturated rings. The van der Waals surface area contributed by atoms with Crippen LogP contribution in [0, 0.1) is 0 Å². The zero-order valence-electron chi connectivity index (χ0n) is 17.3. The van der Waals surface area contributed by atoms with Crippen molar-refractivity contribution in [3.05, 3.63) is 101 Å². The van der Waals surface area contributed by atoms with Crippen molar-refractivity contribution in [2.75, 3.05) is 11.4 Å². The fourth-order valence-electron chi connectivity index (χ4n) is 4.90. The molecule has 1 atom stereocenters. The van der Waals surface area contributed by atoms with Gasteiger partial charge in [-0.15, -0.1) is 0 Å². The highest BCUT2D eigenvalue weighted by Gasteiger charge is 2.22. The third kappa shape index (κ3) is 3.85. The zero-order chi connectivity index (χ0) is 20.3. The van der Waals surface area contributed by atoms with Crippen LogP contribution in [-0.2, 0) is 19.4 Å². The summed E-state index contributed by atoms with van der Waals surface area (Å²) in [5, 5.41) is 3.26. The summed E-state index contributed by atoms with van der Waals surface area (Å²) in [6.07, 6.45) is 5.60. The molecule has 3 nitrogen and oxygen atoms in total. The molecule has 0 unspecified atom stereocenters. The van der Waals surface area contributed by atoms with Crippen LogP contribution in [0.4, 0.5) is 5.69 Å². The fraction of sp³-hybridized carbons (Fsp3) is 0.296. The van der Waals surface area contributed by atoms with Gasteiger partial charge < -0.3 is 10.2 Å². The lowest BCUT2D eigenvalue weighted by molar-refractivity contribution is 0.0932. The highest BCUT2D eigenvalue weighted by Crippen LogP contribution is 2.30. The Hall–Kier alpha value is -3.07. The lowest BCUT2D eigenvalue weighted by Crippen LogP contribution is -2.31. The van der Waals surface area contributed by atoms with Gasteiger partial charge in [0, 0.05) is 24.3 Å². The van der Waals surface area contributed by atoms with Crippen LogP contribution in [0.5, 0.6) is 0 Å². The summed E-state index contributed by atoms with van der Waals surface area (Å²) in [6, 6.07) is 25.4. The number of anilines is 1. The number of hydrogen-bond donors (Lipinski definition) is 1. The quantitative estimate of drug-likeness (QED) is 0.636. The van der Waals surface area contributed by atoms with E-state index in [4.69, 9.17) is 0 Å². The molecule has 0 aromatic heterocycles. The maximum atomic E-state index is 12.9. The number of carbonyl (C=O) groups excluding carboxylic acids is 1. The maximum Gasteiger partial charge on any atom is 0.251 e. The molecule has 30 heavy (non-hydrogen) atoms. The summed E-state index contributed by atoms with van der Waals surface area (Å²) in [5.41, 5.74) is 7.41. The molecule has 0 saturated carbocycles. The number of nitrogens with one attached hydrogen (secondary N) is 1. The molecule has 0 radical (unpaired) electrons. The second-order valence-electron chi connectivity index (χ2n) is 8.47. The average Bonchev–Trinajstić information content (AvgIpc) is 2.80. The van der Waals surface area contributed by atoms with E-state index in [2.05, 4.69) is 70.9 Å². The van der Waals surface area contributed by atoms with Gasteiger partial charge in [0.2, 0.25) is 0 Å². The highest BCUT2D eigenvalue weighted by molar-refractivity contribution is 5.94. The molecule has 1 amide bonds. The van der Waals surface area contributed by atoms with Crippen molar-refractivity contribution in [1.82, 2.24) is 5.32 Å². The molecule has 152 valence electrons. The standard InChI is InChI=1S/C27H28N2O/c30-27(28-25-12-5-9-21-7-1-3-11-24(21)25)23-16-14-20(15-17-23)19-29-18-6-10-22-8-2-4-13-26(22)29/h1-4,7-8,11,13-17,25H,5-6,9-10,12,18-19H2,(H,28,30)/t25-/m0/s1. The van der Waals surface area contributed by atoms with E-state index in [1.807, 2.05) is 12.1 Å². The number of fused-ring (bicyclic) bond motifs is 2. The Morgan fingerprint density at radius 2 is 1.60 bits per heavy atom. The van der Waals surface area contributed by atoms with Crippen LogP contribution < -0.4 is 10.2 Å². The minimum Gasteiger partial charge on any atom is -0.367 e. The van der Waals surface area contributed by atoms with E-state index in [1.54, 1.807) is 0 Å². The lowest BCUT2D eigenvalue weighted by Gasteiger charge is -2.31. The number of para-hydroxylation sites is 1. The Morgan fingerprint density at radius 1 is 0.867 bits per heavy atom. The van der Waals surface area contributed by atoms with Crippen LogP contribution in [0.15, 0.2) is 72.8 Å². The monoisotopic (exact) mass is 396 g/mol. The largest absolute Gasteiger partial charge is 0.367 e. The van der Waals surface area contributed by atoms with Gasteiger partial charge in [-0.3, -0.25) is 4.79 Å². The Balaban J connectivity index is 1.26. The van der Waals surface area contributed by atoms with Crippen LogP contribution >= 0.6 is 0 Å². The van der Waals surface area contributed by atoms with Crippen molar-refractivity contribution in [2.24, 2.45) is 0 Å². The summed E-state index contributed by atoms with van der Waals surface area (Å²) in [4.78, 5) is 15.3. The smallest absolute Gasteiger partial charge is 0.251 e. The van der Waals surface area contributed by atoms with E-state index < -0.39 is 0 Å². The van der Waals surface area contributed by atoms with Crippen LogP contribution in [0.1, 0.15) is 57.9 Å². The summed E-state index contributed by atoms with van der Waals surface area (Å²) in [6.45, 7) is 1.97. The van der Waals surface area contributed by atoms with Gasteiger partial charge in [0.05, 0.1) is 6.04 Å². The molecular weight excluding hydrogens is 368 g/mol. The number of carbonyl (C=O) groups is 1. The first kappa shape index (κ1) is 18.9. The van der Waals surface area contributed by atoms with Gasteiger partial charge in [-0.25, -0.2) is 0 Å². The predicted octanol–water partition coefficient (Wildman–Crippen LogP) is 5.45. The molecule has 0 spiro atoms. The van der Waals surface area contributed by atoms with Crippen molar-refractivity contribution in [1.29, 1.82) is 0 Å². The van der Waals surface area contributed by atoms with Gasteiger partial charge >= 0.3 is 0 Å². The first-order valence-corrected chi connectivity index (χ1v) is 11.1. The molecule has 1 aliphatic carbocycles. The lowest BCUT2D eigenvalue weighted by atomic mass is 9.87. The van der Waals surface area contributed by atoms with Crippen molar-refractivity contribution in [2.45, 2.75) is 44.7 Å². The van der Waals surface area contributed by atoms with Gasteiger partial charge in [0.15, 0.2) is 0 Å². The molecule has 3 aromatic carbocycles. The second kappa shape index (κ2) is 8.35. The van der Waals surface area contributed by atoms with Gasteiger partial charge in [-0.05, 0) is 72.6 Å². The Kier molecular flexibility index (Phi) is 5.27. The number of rotatable bonds is 4. The SMILES string of the molecule is O=C(N[C@H]1CCCc2ccccc21)c1ccc(CN2CCCc3ccccc32)cc1. The van der Waals surface area contributed by atoms with E-state index >= 15 is 0 Å². The minimum absolute atomic E-state index is 0.0200. The van der Waals surface area contributed by atoms with Gasteiger partial charge in [-0.1, -0.05) is 54.6 Å². The second-order valence-corrected chi connectivity index (χ2v) is 8.47. The van der Waals surface area contributed by atoms with Gasteiger partial charge in [0.1, 0.15) is 0 Å². The molecule has 3 aromatic rings. The summed E-state index contributed by atoms with van der Waals surface area (Å²) < 4.78 is 0.